The van der Waals surface area contributed by atoms with Gasteiger partial charge in [-0.2, -0.15) is 0 Å². The van der Waals surface area contributed by atoms with Crippen molar-refractivity contribution in [3.8, 4) is 0 Å². The molecule has 0 saturated carbocycles. The van der Waals surface area contributed by atoms with Crippen LogP contribution in [0.2, 0.25) is 0 Å². The van der Waals surface area contributed by atoms with Crippen LogP contribution in [0.1, 0.15) is 40.9 Å². The van der Waals surface area contributed by atoms with Crippen LogP contribution in [0.3, 0.4) is 0 Å². The van der Waals surface area contributed by atoms with Crippen LogP contribution >= 0.6 is 0 Å². The molecule has 0 aliphatic heterocycles. The molecule has 0 aromatic heterocycles. The fourth-order valence-corrected chi connectivity index (χ4v) is 2.51. The van der Waals surface area contributed by atoms with Gasteiger partial charge >= 0.3 is 0 Å². The summed E-state index contributed by atoms with van der Waals surface area (Å²) in [5, 5.41) is 22.3. The van der Waals surface area contributed by atoms with Gasteiger partial charge in [0.1, 0.15) is 0 Å². The molecule has 4 N–H and O–H groups in total. The van der Waals surface area contributed by atoms with Crippen LogP contribution in [0.15, 0.2) is 54.6 Å². The largest absolute Gasteiger partial charge is 0.387 e. The monoisotopic (exact) mass is 328 g/mol. The molecule has 0 aliphatic carbocycles. The van der Waals surface area contributed by atoms with Crippen LogP contribution in [0.5, 0.6) is 0 Å². The molecule has 0 bridgehead atoms. The van der Waals surface area contributed by atoms with E-state index in [-0.39, 0.29) is 6.04 Å². The maximum Gasteiger partial charge on any atom is 0.274 e. The van der Waals surface area contributed by atoms with Crippen LogP contribution < -0.4 is 10.8 Å². The van der Waals surface area contributed by atoms with Crippen molar-refractivity contribution >= 4 is 5.91 Å². The van der Waals surface area contributed by atoms with E-state index in [0.717, 1.165) is 12.8 Å². The number of amides is 1. The Balaban J connectivity index is 1.81. The first kappa shape index (κ1) is 18.1. The molecule has 5 nitrogen and oxygen atoms in total. The lowest BCUT2D eigenvalue weighted by Gasteiger charge is -2.18. The van der Waals surface area contributed by atoms with E-state index in [4.69, 9.17) is 5.21 Å². The second-order valence-corrected chi connectivity index (χ2v) is 5.92. The van der Waals surface area contributed by atoms with Gasteiger partial charge in [0.2, 0.25) is 0 Å². The number of aryl methyl sites for hydroxylation is 1. The Hall–Kier alpha value is -2.21. The van der Waals surface area contributed by atoms with Gasteiger partial charge in [-0.1, -0.05) is 42.5 Å². The SMILES string of the molecule is CC(CCc1ccccc1)NCC(O)c1cccc(C(=O)NO)c1. The van der Waals surface area contributed by atoms with Crippen LogP contribution in [-0.4, -0.2) is 28.8 Å². The van der Waals surface area contributed by atoms with E-state index in [2.05, 4.69) is 24.4 Å². The second kappa shape index (κ2) is 9.17. The Kier molecular flexibility index (Phi) is 6.93. The fraction of sp³-hybridized carbons (Fsp3) is 0.316. The molecule has 0 fully saturated rings. The number of carbonyl (C=O) groups excluding carboxylic acids is 1. The predicted octanol–water partition coefficient (Wildman–Crippen LogP) is 2.45. The quantitative estimate of drug-likeness (QED) is 0.443. The molecule has 2 unspecified atom stereocenters. The van der Waals surface area contributed by atoms with Crippen molar-refractivity contribution in [2.45, 2.75) is 31.9 Å². The van der Waals surface area contributed by atoms with E-state index in [1.54, 1.807) is 29.7 Å². The molecule has 0 saturated heterocycles. The van der Waals surface area contributed by atoms with Gasteiger partial charge < -0.3 is 10.4 Å². The molecule has 2 aromatic carbocycles. The molecular formula is C19H24N2O3. The molecule has 1 amide bonds. The number of hydrogen-bond donors (Lipinski definition) is 4. The standard InChI is InChI=1S/C19H24N2O3/c1-14(10-11-15-6-3-2-4-7-15)20-13-18(22)16-8-5-9-17(12-16)19(23)21-24/h2-9,12,14,18,20,22,24H,10-11,13H2,1H3,(H,21,23). The van der Waals surface area contributed by atoms with Gasteiger partial charge in [0.25, 0.3) is 5.91 Å². The van der Waals surface area contributed by atoms with Gasteiger partial charge in [0.15, 0.2) is 0 Å². The smallest absolute Gasteiger partial charge is 0.274 e. The molecule has 24 heavy (non-hydrogen) atoms. The van der Waals surface area contributed by atoms with E-state index >= 15 is 0 Å². The molecule has 0 aliphatic rings. The molecule has 5 heteroatoms. The number of rotatable bonds is 8. The Labute approximate surface area is 142 Å². The van der Waals surface area contributed by atoms with Crippen LogP contribution in [0.25, 0.3) is 0 Å². The number of nitrogens with one attached hydrogen (secondary N) is 2. The molecule has 2 aromatic rings. The summed E-state index contributed by atoms with van der Waals surface area (Å²) in [6, 6.07) is 17.2. The zero-order valence-electron chi connectivity index (χ0n) is 13.8. The summed E-state index contributed by atoms with van der Waals surface area (Å²) >= 11 is 0. The van der Waals surface area contributed by atoms with Crippen LogP contribution in [0.4, 0.5) is 0 Å². The van der Waals surface area contributed by atoms with E-state index < -0.39 is 12.0 Å². The summed E-state index contributed by atoms with van der Waals surface area (Å²) in [7, 11) is 0. The molecule has 2 rings (SSSR count). The highest BCUT2D eigenvalue weighted by molar-refractivity contribution is 5.93. The molecule has 128 valence electrons. The average Bonchev–Trinajstić information content (AvgIpc) is 2.64. The number of benzene rings is 2. The summed E-state index contributed by atoms with van der Waals surface area (Å²) in [6.45, 7) is 2.49. The van der Waals surface area contributed by atoms with Crippen LogP contribution in [-0.2, 0) is 6.42 Å². The van der Waals surface area contributed by atoms with E-state index in [1.807, 2.05) is 18.2 Å². The first-order valence-electron chi connectivity index (χ1n) is 8.10. The second-order valence-electron chi connectivity index (χ2n) is 5.92. The number of carbonyl (C=O) groups is 1. The maximum atomic E-state index is 11.4. The Morgan fingerprint density at radius 1 is 1.12 bits per heavy atom. The minimum Gasteiger partial charge on any atom is -0.387 e. The zero-order valence-corrected chi connectivity index (χ0v) is 13.8. The third kappa shape index (κ3) is 5.45. The Morgan fingerprint density at radius 2 is 1.88 bits per heavy atom. The Bertz CT molecular complexity index is 646. The van der Waals surface area contributed by atoms with Gasteiger partial charge in [0.05, 0.1) is 6.10 Å². The van der Waals surface area contributed by atoms with E-state index in [1.165, 1.54) is 5.56 Å². The zero-order chi connectivity index (χ0) is 17.4. The summed E-state index contributed by atoms with van der Waals surface area (Å²) in [6.07, 6.45) is 1.25. The van der Waals surface area contributed by atoms with Crippen LogP contribution in [0, 0.1) is 0 Å². The third-order valence-corrected chi connectivity index (χ3v) is 4.00. The van der Waals surface area contributed by atoms with E-state index in [9.17, 15) is 9.90 Å². The first-order chi connectivity index (χ1) is 11.6. The highest BCUT2D eigenvalue weighted by atomic mass is 16.5. The minimum absolute atomic E-state index is 0.267. The van der Waals surface area contributed by atoms with Gasteiger partial charge in [-0.15, -0.1) is 0 Å². The summed E-state index contributed by atoms with van der Waals surface area (Å²) in [4.78, 5) is 11.4. The first-order valence-corrected chi connectivity index (χ1v) is 8.10. The van der Waals surface area contributed by atoms with E-state index in [0.29, 0.717) is 17.7 Å². The maximum absolute atomic E-state index is 11.4. The third-order valence-electron chi connectivity index (χ3n) is 4.00. The molecule has 0 heterocycles. The minimum atomic E-state index is -0.712. The van der Waals surface area contributed by atoms with Crippen molar-refractivity contribution in [1.82, 2.24) is 10.8 Å². The number of hydroxylamine groups is 1. The topological polar surface area (TPSA) is 81.6 Å². The molecule has 2 atom stereocenters. The lowest BCUT2D eigenvalue weighted by atomic mass is 10.0. The van der Waals surface area contributed by atoms with Crippen molar-refractivity contribution in [2.24, 2.45) is 0 Å². The van der Waals surface area contributed by atoms with Gasteiger partial charge in [0, 0.05) is 18.2 Å². The molecule has 0 spiro atoms. The summed E-state index contributed by atoms with van der Waals surface area (Å²) in [5.41, 5.74) is 3.84. The van der Waals surface area contributed by atoms with Gasteiger partial charge in [-0.3, -0.25) is 10.0 Å². The fourth-order valence-electron chi connectivity index (χ4n) is 2.51. The van der Waals surface area contributed by atoms with Crippen molar-refractivity contribution in [2.75, 3.05) is 6.54 Å². The van der Waals surface area contributed by atoms with Crippen molar-refractivity contribution in [3.63, 3.8) is 0 Å². The molecule has 0 radical (unpaired) electrons. The highest BCUT2D eigenvalue weighted by Crippen LogP contribution is 2.14. The predicted molar refractivity (Wildman–Crippen MR) is 92.9 cm³/mol. The summed E-state index contributed by atoms with van der Waals surface area (Å²) in [5.74, 6) is -0.590. The number of aliphatic hydroxyl groups excluding tert-OH is 1. The van der Waals surface area contributed by atoms with Crippen molar-refractivity contribution in [1.29, 1.82) is 0 Å². The van der Waals surface area contributed by atoms with Crippen molar-refractivity contribution < 1.29 is 15.1 Å². The highest BCUT2D eigenvalue weighted by Gasteiger charge is 2.12. The van der Waals surface area contributed by atoms with Gasteiger partial charge in [-0.25, -0.2) is 5.48 Å². The lowest BCUT2D eigenvalue weighted by molar-refractivity contribution is 0.0706. The Morgan fingerprint density at radius 3 is 2.58 bits per heavy atom. The van der Waals surface area contributed by atoms with Crippen molar-refractivity contribution in [3.05, 3.63) is 71.3 Å². The number of hydrogen-bond acceptors (Lipinski definition) is 4. The molecular weight excluding hydrogens is 304 g/mol. The average molecular weight is 328 g/mol. The number of aliphatic hydroxyl groups is 1. The van der Waals surface area contributed by atoms with Gasteiger partial charge in [-0.05, 0) is 43.0 Å². The normalized spacial score (nSPS) is 13.3. The lowest BCUT2D eigenvalue weighted by Crippen LogP contribution is -2.31. The summed E-state index contributed by atoms with van der Waals surface area (Å²) < 4.78 is 0.